The van der Waals surface area contributed by atoms with Crippen LogP contribution >= 0.6 is 0 Å². The summed E-state index contributed by atoms with van der Waals surface area (Å²) in [6.45, 7) is 6.66. The van der Waals surface area contributed by atoms with E-state index in [1.165, 1.54) is 4.90 Å². The zero-order valence-electron chi connectivity index (χ0n) is 13.3. The van der Waals surface area contributed by atoms with Gasteiger partial charge in [-0.05, 0) is 6.54 Å². The van der Waals surface area contributed by atoms with Crippen LogP contribution in [0.25, 0.3) is 0 Å². The number of nitrogens with zero attached hydrogens (tertiary/aromatic N) is 1. The van der Waals surface area contributed by atoms with Gasteiger partial charge in [-0.25, -0.2) is 8.42 Å². The summed E-state index contributed by atoms with van der Waals surface area (Å²) in [6, 6.07) is 0. The van der Waals surface area contributed by atoms with E-state index >= 15 is 0 Å². The van der Waals surface area contributed by atoms with Gasteiger partial charge < -0.3 is 19.7 Å². The largest absolute Gasteiger partial charge is 0.379 e. The van der Waals surface area contributed by atoms with Crippen LogP contribution in [0.2, 0.25) is 0 Å². The average molecular weight is 324 g/mol. The van der Waals surface area contributed by atoms with Gasteiger partial charge in [0.25, 0.3) is 0 Å². The van der Waals surface area contributed by atoms with Gasteiger partial charge in [-0.2, -0.15) is 0 Å². The Bertz CT molecular complexity index is 373. The topological polar surface area (TPSA) is 84.9 Å². The van der Waals surface area contributed by atoms with Crippen molar-refractivity contribution >= 4 is 15.7 Å². The Balaban J connectivity index is 3.60. The number of ether oxygens (including phenoxy) is 2. The highest BCUT2D eigenvalue weighted by Gasteiger charge is 2.09. The van der Waals surface area contributed by atoms with Crippen LogP contribution in [0.15, 0.2) is 0 Å². The fourth-order valence-electron chi connectivity index (χ4n) is 1.35. The number of hydrogen-bond donors (Lipinski definition) is 1. The molecule has 1 amide bonds. The molecule has 0 bridgehead atoms. The number of hydrogen-bond acceptors (Lipinski definition) is 6. The van der Waals surface area contributed by atoms with Gasteiger partial charge in [0.1, 0.15) is 6.61 Å². The van der Waals surface area contributed by atoms with E-state index in [1.54, 1.807) is 14.0 Å². The van der Waals surface area contributed by atoms with Crippen LogP contribution in [0.4, 0.5) is 0 Å². The maximum atomic E-state index is 11.7. The number of likely N-dealkylation sites (N-methyl/N-ethyl adjacent to an activating group) is 2. The van der Waals surface area contributed by atoms with E-state index in [0.29, 0.717) is 19.8 Å². The minimum atomic E-state index is -2.99. The summed E-state index contributed by atoms with van der Waals surface area (Å²) in [7, 11) is -1.32. The van der Waals surface area contributed by atoms with Gasteiger partial charge in [-0.15, -0.1) is 0 Å². The summed E-state index contributed by atoms with van der Waals surface area (Å²) in [5, 5.41) is 3.10. The zero-order chi connectivity index (χ0) is 16.1. The van der Waals surface area contributed by atoms with E-state index in [9.17, 15) is 13.2 Å². The van der Waals surface area contributed by atoms with Crippen molar-refractivity contribution in [3.63, 3.8) is 0 Å². The van der Waals surface area contributed by atoms with Crippen LogP contribution in [-0.2, 0) is 24.1 Å². The Hall–Kier alpha value is -0.700. The minimum absolute atomic E-state index is 0.0225. The van der Waals surface area contributed by atoms with Crippen molar-refractivity contribution in [2.75, 3.05) is 64.6 Å². The molecule has 0 radical (unpaired) electrons. The van der Waals surface area contributed by atoms with Crippen molar-refractivity contribution in [3.8, 4) is 0 Å². The monoisotopic (exact) mass is 324 g/mol. The first kappa shape index (κ1) is 20.3. The molecule has 21 heavy (non-hydrogen) atoms. The highest BCUT2D eigenvalue weighted by atomic mass is 32.2. The molecule has 0 aromatic carbocycles. The van der Waals surface area contributed by atoms with Gasteiger partial charge in [-0.3, -0.25) is 4.79 Å². The molecule has 0 heterocycles. The lowest BCUT2D eigenvalue weighted by Crippen LogP contribution is -2.34. The molecule has 0 rings (SSSR count). The first-order valence-corrected chi connectivity index (χ1v) is 9.05. The number of carbonyl (C=O) groups excluding carboxylic acids is 1. The smallest absolute Gasteiger partial charge is 0.248 e. The molecular weight excluding hydrogens is 296 g/mol. The number of amides is 1. The molecule has 0 aliphatic rings. The van der Waals surface area contributed by atoms with E-state index < -0.39 is 9.84 Å². The van der Waals surface area contributed by atoms with Gasteiger partial charge >= 0.3 is 0 Å². The maximum absolute atomic E-state index is 11.7. The Morgan fingerprint density at radius 3 is 2.48 bits per heavy atom. The lowest BCUT2D eigenvalue weighted by atomic mass is 10.5. The molecular formula is C13H28N2O5S. The lowest BCUT2D eigenvalue weighted by molar-refractivity contribution is -0.135. The molecule has 8 heteroatoms. The summed E-state index contributed by atoms with van der Waals surface area (Å²) in [5.41, 5.74) is 0. The number of carbonyl (C=O) groups is 1. The van der Waals surface area contributed by atoms with Crippen molar-refractivity contribution in [1.82, 2.24) is 10.2 Å². The third-order valence-electron chi connectivity index (χ3n) is 2.87. The van der Waals surface area contributed by atoms with Gasteiger partial charge in [-0.1, -0.05) is 13.8 Å². The maximum Gasteiger partial charge on any atom is 0.248 e. The number of rotatable bonds is 13. The zero-order valence-corrected chi connectivity index (χ0v) is 14.1. The molecule has 0 atom stereocenters. The van der Waals surface area contributed by atoms with Crippen LogP contribution in [0, 0.1) is 0 Å². The molecule has 0 aliphatic heterocycles. The summed E-state index contributed by atoms with van der Waals surface area (Å²) in [4.78, 5) is 13.2. The Morgan fingerprint density at radius 1 is 1.14 bits per heavy atom. The normalized spacial score (nSPS) is 11.6. The molecule has 126 valence electrons. The fourth-order valence-corrected chi connectivity index (χ4v) is 2.01. The summed E-state index contributed by atoms with van der Waals surface area (Å²) < 4.78 is 32.9. The number of nitrogens with one attached hydrogen (secondary N) is 1. The summed E-state index contributed by atoms with van der Waals surface area (Å²) >= 11 is 0. The van der Waals surface area contributed by atoms with Crippen molar-refractivity contribution in [2.24, 2.45) is 0 Å². The third-order valence-corrected chi connectivity index (χ3v) is 4.54. The van der Waals surface area contributed by atoms with Gasteiger partial charge in [0, 0.05) is 25.9 Å². The third kappa shape index (κ3) is 11.6. The minimum Gasteiger partial charge on any atom is -0.379 e. The lowest BCUT2D eigenvalue weighted by Gasteiger charge is -2.17. The van der Waals surface area contributed by atoms with Crippen molar-refractivity contribution in [2.45, 2.75) is 13.8 Å². The SMILES string of the molecule is CCNCCOCC(=O)N(C)CCOCCS(=O)(=O)CC. The van der Waals surface area contributed by atoms with E-state index in [2.05, 4.69) is 5.32 Å². The van der Waals surface area contributed by atoms with Gasteiger partial charge in [0.15, 0.2) is 9.84 Å². The predicted molar refractivity (Wildman–Crippen MR) is 82.1 cm³/mol. The van der Waals surface area contributed by atoms with Crippen LogP contribution in [0.5, 0.6) is 0 Å². The van der Waals surface area contributed by atoms with E-state index in [4.69, 9.17) is 9.47 Å². The molecule has 0 saturated carbocycles. The highest BCUT2D eigenvalue weighted by Crippen LogP contribution is 1.91. The second-order valence-corrected chi connectivity index (χ2v) is 7.04. The van der Waals surface area contributed by atoms with E-state index in [1.807, 2.05) is 6.92 Å². The molecule has 0 aliphatic carbocycles. The second-order valence-electron chi connectivity index (χ2n) is 4.57. The van der Waals surface area contributed by atoms with Crippen LogP contribution < -0.4 is 5.32 Å². The highest BCUT2D eigenvalue weighted by molar-refractivity contribution is 7.91. The first-order chi connectivity index (χ1) is 9.93. The Labute approximate surface area is 127 Å². The van der Waals surface area contributed by atoms with Crippen molar-refractivity contribution in [3.05, 3.63) is 0 Å². The van der Waals surface area contributed by atoms with Gasteiger partial charge in [0.05, 0.1) is 25.6 Å². The average Bonchev–Trinajstić information content (AvgIpc) is 2.46. The quantitative estimate of drug-likeness (QED) is 0.461. The molecule has 1 N–H and O–H groups in total. The molecule has 0 aromatic heterocycles. The van der Waals surface area contributed by atoms with Gasteiger partial charge in [0.2, 0.25) is 5.91 Å². The van der Waals surface area contributed by atoms with Crippen molar-refractivity contribution in [1.29, 1.82) is 0 Å². The predicted octanol–water partition coefficient (Wildman–Crippen LogP) is -0.478. The summed E-state index contributed by atoms with van der Waals surface area (Å²) in [6.07, 6.45) is 0. The molecule has 0 fully saturated rings. The van der Waals surface area contributed by atoms with Crippen molar-refractivity contribution < 1.29 is 22.7 Å². The second kappa shape index (κ2) is 11.9. The number of sulfone groups is 1. The molecule has 0 aromatic rings. The summed E-state index contributed by atoms with van der Waals surface area (Å²) in [5.74, 6) is 0.0319. The molecule has 0 saturated heterocycles. The standard InChI is InChI=1S/C13H28N2O5S/c1-4-14-6-8-20-12-13(16)15(3)7-9-19-10-11-21(17,18)5-2/h14H,4-12H2,1-3H3. The van der Waals surface area contributed by atoms with Crippen LogP contribution in [0.3, 0.4) is 0 Å². The molecule has 7 nitrogen and oxygen atoms in total. The fraction of sp³-hybridized carbons (Fsp3) is 0.923. The molecule has 0 spiro atoms. The van der Waals surface area contributed by atoms with Crippen LogP contribution in [-0.4, -0.2) is 83.8 Å². The Morgan fingerprint density at radius 2 is 1.86 bits per heavy atom. The Kier molecular flexibility index (Phi) is 11.5. The van der Waals surface area contributed by atoms with E-state index in [-0.39, 0.29) is 30.6 Å². The first-order valence-electron chi connectivity index (χ1n) is 7.23. The molecule has 0 unspecified atom stereocenters. The van der Waals surface area contributed by atoms with Crippen LogP contribution in [0.1, 0.15) is 13.8 Å². The van der Waals surface area contributed by atoms with E-state index in [0.717, 1.165) is 13.1 Å².